The molecule has 2 atom stereocenters. The summed E-state index contributed by atoms with van der Waals surface area (Å²) in [6.07, 6.45) is 7.08. The van der Waals surface area contributed by atoms with Crippen molar-refractivity contribution < 1.29 is 9.53 Å². The van der Waals surface area contributed by atoms with E-state index in [2.05, 4.69) is 27.1 Å². The highest BCUT2D eigenvalue weighted by molar-refractivity contribution is 6.30. The van der Waals surface area contributed by atoms with Crippen molar-refractivity contribution in [1.82, 2.24) is 24.7 Å². The number of cyclic esters (lactones) is 1. The number of hydrogen-bond acceptors (Lipinski definition) is 6. The molecule has 2 saturated heterocycles. The Bertz CT molecular complexity index is 1090. The first-order valence-corrected chi connectivity index (χ1v) is 10.1. The van der Waals surface area contributed by atoms with Crippen molar-refractivity contribution >= 4 is 29.2 Å². The topological polar surface area (TPSA) is 84.7 Å². The summed E-state index contributed by atoms with van der Waals surface area (Å²) in [6.45, 7) is 4.17. The Kier molecular flexibility index (Phi) is 4.31. The highest BCUT2D eigenvalue weighted by Crippen LogP contribution is 2.32. The zero-order chi connectivity index (χ0) is 20.0. The lowest BCUT2D eigenvalue weighted by molar-refractivity contribution is 0.160. The van der Waals surface area contributed by atoms with E-state index in [0.29, 0.717) is 17.5 Å². The number of amides is 1. The molecular weight excluding hydrogens is 392 g/mol. The fourth-order valence-corrected chi connectivity index (χ4v) is 4.38. The Labute approximate surface area is 172 Å². The predicted octanol–water partition coefficient (Wildman–Crippen LogP) is 3.16. The third-order valence-electron chi connectivity index (χ3n) is 5.88. The molecule has 1 N–H and O–H groups in total. The summed E-state index contributed by atoms with van der Waals surface area (Å²) < 4.78 is 7.06. The summed E-state index contributed by atoms with van der Waals surface area (Å²) in [4.78, 5) is 27.5. The van der Waals surface area contributed by atoms with Crippen LogP contribution in [0.2, 0.25) is 5.02 Å². The Hall–Kier alpha value is -2.87. The van der Waals surface area contributed by atoms with E-state index in [1.807, 2.05) is 28.8 Å². The fraction of sp³-hybridized carbons (Fsp3) is 0.400. The van der Waals surface area contributed by atoms with Gasteiger partial charge >= 0.3 is 6.09 Å². The zero-order valence-corrected chi connectivity index (χ0v) is 16.8. The minimum atomic E-state index is -0.343. The number of halogens is 1. The molecule has 0 radical (unpaired) electrons. The normalized spacial score (nSPS) is 24.6. The molecule has 2 unspecified atom stereocenters. The number of rotatable bonds is 3. The third kappa shape index (κ3) is 3.27. The van der Waals surface area contributed by atoms with Crippen LogP contribution >= 0.6 is 11.6 Å². The van der Waals surface area contributed by atoms with Crippen LogP contribution in [-0.2, 0) is 4.74 Å². The lowest BCUT2D eigenvalue weighted by atomic mass is 9.81. The van der Waals surface area contributed by atoms with Crippen LogP contribution in [0.3, 0.4) is 0 Å². The van der Waals surface area contributed by atoms with Gasteiger partial charge in [-0.25, -0.2) is 19.7 Å². The lowest BCUT2D eigenvalue weighted by Gasteiger charge is -2.40. The average molecular weight is 413 g/mol. The molecule has 1 amide bonds. The van der Waals surface area contributed by atoms with Crippen LogP contribution < -0.4 is 10.2 Å². The highest BCUT2D eigenvalue weighted by atomic mass is 35.5. The van der Waals surface area contributed by atoms with Gasteiger partial charge in [-0.1, -0.05) is 11.6 Å². The van der Waals surface area contributed by atoms with Crippen LogP contribution in [-0.4, -0.2) is 50.7 Å². The molecule has 2 fully saturated rings. The molecule has 5 rings (SSSR count). The van der Waals surface area contributed by atoms with Crippen LogP contribution in [0, 0.1) is 5.92 Å². The van der Waals surface area contributed by atoms with Crippen LogP contribution in [0.1, 0.15) is 19.8 Å². The summed E-state index contributed by atoms with van der Waals surface area (Å²) in [5.41, 5.74) is 1.24. The number of aromatic nitrogens is 4. The largest absolute Gasteiger partial charge is 0.447 e. The van der Waals surface area contributed by atoms with Crippen molar-refractivity contribution in [3.63, 3.8) is 0 Å². The molecule has 0 aliphatic carbocycles. The van der Waals surface area contributed by atoms with Gasteiger partial charge in [-0.05, 0) is 38.0 Å². The molecule has 29 heavy (non-hydrogen) atoms. The highest BCUT2D eigenvalue weighted by Gasteiger charge is 2.43. The maximum absolute atomic E-state index is 11.6. The second kappa shape index (κ2) is 6.88. The smallest absolute Gasteiger partial charge is 0.407 e. The maximum Gasteiger partial charge on any atom is 0.407 e. The van der Waals surface area contributed by atoms with Crippen molar-refractivity contribution in [2.75, 3.05) is 24.6 Å². The number of imidazole rings is 1. The van der Waals surface area contributed by atoms with Crippen LogP contribution in [0.25, 0.3) is 17.2 Å². The Morgan fingerprint density at radius 3 is 3.03 bits per heavy atom. The molecule has 2 aliphatic heterocycles. The van der Waals surface area contributed by atoms with Crippen molar-refractivity contribution in [2.24, 2.45) is 5.92 Å². The number of carbonyl (C=O) groups is 1. The van der Waals surface area contributed by atoms with E-state index in [1.165, 1.54) is 0 Å². The zero-order valence-electron chi connectivity index (χ0n) is 16.0. The Morgan fingerprint density at radius 2 is 2.21 bits per heavy atom. The maximum atomic E-state index is 11.6. The van der Waals surface area contributed by atoms with Gasteiger partial charge in [0, 0.05) is 31.4 Å². The fourth-order valence-electron chi connectivity index (χ4n) is 4.21. The van der Waals surface area contributed by atoms with Crippen molar-refractivity contribution in [3.8, 4) is 11.5 Å². The molecule has 0 saturated carbocycles. The van der Waals surface area contributed by atoms with Crippen LogP contribution in [0.4, 0.5) is 10.6 Å². The molecule has 3 aromatic heterocycles. The number of anilines is 1. The summed E-state index contributed by atoms with van der Waals surface area (Å²) in [5, 5.41) is 3.61. The molecule has 3 aromatic rings. The van der Waals surface area contributed by atoms with Gasteiger partial charge in [0.1, 0.15) is 23.8 Å². The molecule has 0 bridgehead atoms. The first kappa shape index (κ1) is 18.2. The van der Waals surface area contributed by atoms with Crippen LogP contribution in [0.15, 0.2) is 36.8 Å². The van der Waals surface area contributed by atoms with Crippen LogP contribution in [0.5, 0.6) is 0 Å². The average Bonchev–Trinajstić information content (AvgIpc) is 3.31. The number of alkyl carbamates (subject to hydrolysis) is 1. The molecule has 9 heteroatoms. The number of pyridine rings is 1. The van der Waals surface area contributed by atoms with E-state index >= 15 is 0 Å². The number of fused-ring (bicyclic) bond motifs is 1. The van der Waals surface area contributed by atoms with E-state index in [4.69, 9.17) is 21.3 Å². The number of nitrogens with zero attached hydrogens (tertiary/aromatic N) is 5. The molecule has 2 aliphatic rings. The third-order valence-corrected chi connectivity index (χ3v) is 6.10. The predicted molar refractivity (Wildman–Crippen MR) is 109 cm³/mol. The summed E-state index contributed by atoms with van der Waals surface area (Å²) in [6, 6.07) is 5.60. The molecule has 150 valence electrons. The summed E-state index contributed by atoms with van der Waals surface area (Å²) in [5.74, 6) is 1.75. The van der Waals surface area contributed by atoms with Crippen molar-refractivity contribution in [3.05, 3.63) is 41.8 Å². The van der Waals surface area contributed by atoms with Gasteiger partial charge in [-0.3, -0.25) is 4.40 Å². The van der Waals surface area contributed by atoms with Gasteiger partial charge in [-0.2, -0.15) is 0 Å². The van der Waals surface area contributed by atoms with Gasteiger partial charge in [0.15, 0.2) is 5.82 Å². The summed E-state index contributed by atoms with van der Waals surface area (Å²) >= 11 is 6.15. The minimum absolute atomic E-state index is 0.288. The van der Waals surface area contributed by atoms with E-state index in [0.717, 1.165) is 43.1 Å². The number of hydrogen-bond donors (Lipinski definition) is 1. The summed E-state index contributed by atoms with van der Waals surface area (Å²) in [7, 11) is 0. The van der Waals surface area contributed by atoms with Gasteiger partial charge in [0.25, 0.3) is 0 Å². The molecule has 5 heterocycles. The Balaban J connectivity index is 1.43. The Morgan fingerprint density at radius 1 is 1.31 bits per heavy atom. The molecule has 0 spiro atoms. The second-order valence-corrected chi connectivity index (χ2v) is 8.30. The number of nitrogens with one attached hydrogen (secondary N) is 1. The van der Waals surface area contributed by atoms with Crippen molar-refractivity contribution in [1.29, 1.82) is 0 Å². The van der Waals surface area contributed by atoms with E-state index in [9.17, 15) is 4.79 Å². The standard InChI is InChI=1S/C20H21ClN6O2/c1-20(12-29-19(28)25-20)13-3-2-8-26(10-13)17-6-7-22-18(24-17)15-9-23-16-5-4-14(21)11-27(15)16/h4-7,9,11,13H,2-3,8,10,12H2,1H3,(H,25,28). The van der Waals surface area contributed by atoms with E-state index in [-0.39, 0.29) is 17.6 Å². The van der Waals surface area contributed by atoms with Gasteiger partial charge < -0.3 is 15.0 Å². The minimum Gasteiger partial charge on any atom is -0.447 e. The first-order valence-electron chi connectivity index (χ1n) is 9.68. The quantitative estimate of drug-likeness (QED) is 0.711. The van der Waals surface area contributed by atoms with Gasteiger partial charge in [-0.15, -0.1) is 0 Å². The first-order chi connectivity index (χ1) is 14.0. The second-order valence-electron chi connectivity index (χ2n) is 7.86. The number of carbonyl (C=O) groups excluding carboxylic acids is 1. The van der Waals surface area contributed by atoms with E-state index in [1.54, 1.807) is 12.4 Å². The SMILES string of the molecule is CC1(C2CCCN(c3ccnc(-c4cnc5ccc(Cl)cn45)n3)C2)COC(=O)N1. The van der Waals surface area contributed by atoms with Crippen molar-refractivity contribution in [2.45, 2.75) is 25.3 Å². The van der Waals surface area contributed by atoms with Gasteiger partial charge in [0.2, 0.25) is 0 Å². The number of piperidine rings is 1. The van der Waals surface area contributed by atoms with E-state index < -0.39 is 0 Å². The number of ether oxygens (including phenoxy) is 1. The molecule has 0 aromatic carbocycles. The van der Waals surface area contributed by atoms with Gasteiger partial charge in [0.05, 0.1) is 16.8 Å². The lowest BCUT2D eigenvalue weighted by Crippen LogP contribution is -2.53. The molecule has 8 nitrogen and oxygen atoms in total. The molecular formula is C20H21ClN6O2. The monoisotopic (exact) mass is 412 g/mol.